The standard InChI is InChI=1S/C16H19N3O6/c1-16(10-25-2,8-15(21)22)17-14(20)9-18-6-5-11-7-12(19(23)24)3-4-13(11)18/h3-7H,8-10H2,1-2H3,(H,17,20)(H,21,22). The summed E-state index contributed by atoms with van der Waals surface area (Å²) in [5, 5.41) is 23.1. The van der Waals surface area contributed by atoms with Crippen molar-refractivity contribution >= 4 is 28.5 Å². The van der Waals surface area contributed by atoms with E-state index in [0.717, 1.165) is 0 Å². The van der Waals surface area contributed by atoms with Crippen molar-refractivity contribution in [2.45, 2.75) is 25.4 Å². The summed E-state index contributed by atoms with van der Waals surface area (Å²) in [6.45, 7) is 1.61. The summed E-state index contributed by atoms with van der Waals surface area (Å²) in [5.74, 6) is -1.42. The van der Waals surface area contributed by atoms with Crippen LogP contribution in [-0.4, -0.2) is 45.7 Å². The van der Waals surface area contributed by atoms with E-state index in [-0.39, 0.29) is 31.2 Å². The Morgan fingerprint density at radius 3 is 2.72 bits per heavy atom. The molecule has 0 aliphatic heterocycles. The molecule has 0 aliphatic rings. The van der Waals surface area contributed by atoms with Crippen LogP contribution in [0.1, 0.15) is 13.3 Å². The highest BCUT2D eigenvalue weighted by atomic mass is 16.6. The van der Waals surface area contributed by atoms with Crippen LogP contribution in [0.2, 0.25) is 0 Å². The SMILES string of the molecule is COCC(C)(CC(=O)O)NC(=O)Cn1ccc2cc([N+](=O)[O-])ccc21. The van der Waals surface area contributed by atoms with E-state index < -0.39 is 16.4 Å². The van der Waals surface area contributed by atoms with Gasteiger partial charge in [0.2, 0.25) is 5.91 Å². The van der Waals surface area contributed by atoms with Crippen molar-refractivity contribution in [2.24, 2.45) is 0 Å². The second-order valence-corrected chi connectivity index (χ2v) is 6.06. The number of fused-ring (bicyclic) bond motifs is 1. The highest BCUT2D eigenvalue weighted by Gasteiger charge is 2.29. The number of methoxy groups -OCH3 is 1. The molecule has 134 valence electrons. The number of aliphatic carboxylic acids is 1. The third kappa shape index (κ3) is 4.54. The van der Waals surface area contributed by atoms with Gasteiger partial charge in [-0.3, -0.25) is 19.7 Å². The van der Waals surface area contributed by atoms with Crippen LogP contribution in [0.25, 0.3) is 10.9 Å². The maximum Gasteiger partial charge on any atom is 0.305 e. The predicted octanol–water partition coefficient (Wildman–Crippen LogP) is 1.55. The Bertz CT molecular complexity index is 815. The molecule has 2 aromatic rings. The molecule has 0 fully saturated rings. The smallest absolute Gasteiger partial charge is 0.305 e. The Kier molecular flexibility index (Phi) is 5.38. The highest BCUT2D eigenvalue weighted by Crippen LogP contribution is 2.22. The molecule has 9 heteroatoms. The molecule has 0 spiro atoms. The summed E-state index contributed by atoms with van der Waals surface area (Å²) >= 11 is 0. The number of carbonyl (C=O) groups excluding carboxylic acids is 1. The second-order valence-electron chi connectivity index (χ2n) is 6.06. The molecule has 0 saturated heterocycles. The number of carboxylic acids is 1. The number of benzene rings is 1. The number of aromatic nitrogens is 1. The molecule has 1 amide bonds. The van der Waals surface area contributed by atoms with Gasteiger partial charge in [-0.05, 0) is 19.1 Å². The normalized spacial score (nSPS) is 13.4. The van der Waals surface area contributed by atoms with Gasteiger partial charge in [-0.2, -0.15) is 0 Å². The Morgan fingerprint density at radius 1 is 1.40 bits per heavy atom. The minimum Gasteiger partial charge on any atom is -0.481 e. The first-order valence-electron chi connectivity index (χ1n) is 7.49. The number of non-ortho nitro benzene ring substituents is 1. The summed E-state index contributed by atoms with van der Waals surface area (Å²) in [6, 6.07) is 6.06. The minimum atomic E-state index is -1.04. The number of nitro benzene ring substituents is 1. The summed E-state index contributed by atoms with van der Waals surface area (Å²) in [7, 11) is 1.43. The largest absolute Gasteiger partial charge is 0.481 e. The van der Waals surface area contributed by atoms with Gasteiger partial charge in [-0.1, -0.05) is 0 Å². The van der Waals surface area contributed by atoms with Gasteiger partial charge in [0.15, 0.2) is 0 Å². The maximum atomic E-state index is 12.3. The second kappa shape index (κ2) is 7.31. The molecular weight excluding hydrogens is 330 g/mol. The lowest BCUT2D eigenvalue weighted by Crippen LogP contribution is -2.51. The van der Waals surface area contributed by atoms with Gasteiger partial charge in [0.1, 0.15) is 6.54 Å². The first-order valence-corrected chi connectivity index (χ1v) is 7.49. The molecule has 0 saturated carbocycles. The van der Waals surface area contributed by atoms with E-state index in [4.69, 9.17) is 9.84 Å². The lowest BCUT2D eigenvalue weighted by atomic mass is 9.99. The molecule has 1 atom stereocenters. The summed E-state index contributed by atoms with van der Waals surface area (Å²) < 4.78 is 6.64. The number of amides is 1. The summed E-state index contributed by atoms with van der Waals surface area (Å²) in [6.07, 6.45) is 1.38. The van der Waals surface area contributed by atoms with E-state index in [9.17, 15) is 19.7 Å². The Hall–Kier alpha value is -2.94. The Labute approximate surface area is 143 Å². The monoisotopic (exact) mass is 349 g/mol. The number of rotatable bonds is 8. The Morgan fingerprint density at radius 2 is 2.12 bits per heavy atom. The zero-order valence-corrected chi connectivity index (χ0v) is 13.9. The van der Waals surface area contributed by atoms with Crippen molar-refractivity contribution in [2.75, 3.05) is 13.7 Å². The number of hydrogen-bond acceptors (Lipinski definition) is 5. The van der Waals surface area contributed by atoms with Crippen LogP contribution in [0.5, 0.6) is 0 Å². The van der Waals surface area contributed by atoms with Gasteiger partial charge in [-0.15, -0.1) is 0 Å². The molecule has 0 bridgehead atoms. The van der Waals surface area contributed by atoms with Gasteiger partial charge in [0.05, 0.1) is 23.5 Å². The Balaban J connectivity index is 2.15. The molecule has 1 aromatic heterocycles. The van der Waals surface area contributed by atoms with E-state index in [1.54, 1.807) is 29.8 Å². The van der Waals surface area contributed by atoms with Crippen LogP contribution in [0, 0.1) is 10.1 Å². The lowest BCUT2D eigenvalue weighted by molar-refractivity contribution is -0.384. The van der Waals surface area contributed by atoms with E-state index in [2.05, 4.69) is 5.32 Å². The number of nitrogens with one attached hydrogen (secondary N) is 1. The van der Waals surface area contributed by atoms with Crippen LogP contribution < -0.4 is 5.32 Å². The van der Waals surface area contributed by atoms with Crippen molar-refractivity contribution < 1.29 is 24.4 Å². The zero-order valence-electron chi connectivity index (χ0n) is 13.9. The number of carboxylic acid groups (broad SMARTS) is 1. The first-order chi connectivity index (χ1) is 11.7. The van der Waals surface area contributed by atoms with Crippen molar-refractivity contribution in [3.05, 3.63) is 40.6 Å². The number of carbonyl (C=O) groups is 2. The fourth-order valence-electron chi connectivity index (χ4n) is 2.75. The first kappa shape index (κ1) is 18.4. The van der Waals surface area contributed by atoms with Crippen molar-refractivity contribution in [1.29, 1.82) is 0 Å². The lowest BCUT2D eigenvalue weighted by Gasteiger charge is -2.28. The molecule has 9 nitrogen and oxygen atoms in total. The van der Waals surface area contributed by atoms with Gasteiger partial charge < -0.3 is 19.7 Å². The molecule has 2 N–H and O–H groups in total. The maximum absolute atomic E-state index is 12.3. The van der Waals surface area contributed by atoms with Crippen LogP contribution in [0.15, 0.2) is 30.5 Å². The van der Waals surface area contributed by atoms with Gasteiger partial charge >= 0.3 is 5.97 Å². The van der Waals surface area contributed by atoms with Crippen LogP contribution in [-0.2, 0) is 20.9 Å². The van der Waals surface area contributed by atoms with Gasteiger partial charge in [-0.25, -0.2) is 0 Å². The summed E-state index contributed by atoms with van der Waals surface area (Å²) in [4.78, 5) is 33.6. The number of nitrogens with zero attached hydrogens (tertiary/aromatic N) is 2. The van der Waals surface area contributed by atoms with Crippen molar-refractivity contribution in [3.63, 3.8) is 0 Å². The van der Waals surface area contributed by atoms with Crippen LogP contribution >= 0.6 is 0 Å². The van der Waals surface area contributed by atoms with E-state index in [1.165, 1.54) is 19.2 Å². The average molecular weight is 349 g/mol. The third-order valence-corrected chi connectivity index (χ3v) is 3.72. The zero-order chi connectivity index (χ0) is 18.6. The quantitative estimate of drug-likeness (QED) is 0.550. The fraction of sp³-hybridized carbons (Fsp3) is 0.375. The van der Waals surface area contributed by atoms with Crippen molar-refractivity contribution in [1.82, 2.24) is 9.88 Å². The molecule has 2 rings (SSSR count). The van der Waals surface area contributed by atoms with E-state index in [0.29, 0.717) is 10.9 Å². The molecular formula is C16H19N3O6. The molecule has 1 aromatic carbocycles. The van der Waals surface area contributed by atoms with Gasteiger partial charge in [0, 0.05) is 36.3 Å². The number of ether oxygens (including phenoxy) is 1. The topological polar surface area (TPSA) is 124 Å². The van der Waals surface area contributed by atoms with Gasteiger partial charge in [0.25, 0.3) is 5.69 Å². The van der Waals surface area contributed by atoms with E-state index >= 15 is 0 Å². The summed E-state index contributed by atoms with van der Waals surface area (Å²) in [5.41, 5.74) is -0.379. The molecule has 25 heavy (non-hydrogen) atoms. The van der Waals surface area contributed by atoms with Crippen LogP contribution in [0.3, 0.4) is 0 Å². The predicted molar refractivity (Wildman–Crippen MR) is 89.3 cm³/mol. The molecule has 1 heterocycles. The van der Waals surface area contributed by atoms with E-state index in [1.807, 2.05) is 0 Å². The molecule has 0 aliphatic carbocycles. The third-order valence-electron chi connectivity index (χ3n) is 3.72. The number of nitro groups is 1. The highest BCUT2D eigenvalue weighted by molar-refractivity contribution is 5.85. The average Bonchev–Trinajstić information content (AvgIpc) is 2.88. The molecule has 1 unspecified atom stereocenters. The van der Waals surface area contributed by atoms with Crippen molar-refractivity contribution in [3.8, 4) is 0 Å². The minimum absolute atomic E-state index is 0.0242. The van der Waals surface area contributed by atoms with Crippen LogP contribution in [0.4, 0.5) is 5.69 Å². The fourth-order valence-corrected chi connectivity index (χ4v) is 2.75. The molecule has 0 radical (unpaired) electrons. The number of hydrogen-bond donors (Lipinski definition) is 2.